The van der Waals surface area contributed by atoms with Gasteiger partial charge in [-0.3, -0.25) is 9.36 Å². The summed E-state index contributed by atoms with van der Waals surface area (Å²) in [5, 5.41) is 13.8. The lowest BCUT2D eigenvalue weighted by atomic mass is 10.2. The number of halogens is 2. The molecule has 3 aromatic rings. The zero-order chi connectivity index (χ0) is 20.9. The van der Waals surface area contributed by atoms with E-state index in [1.54, 1.807) is 0 Å². The van der Waals surface area contributed by atoms with Gasteiger partial charge in [-0.25, -0.2) is 0 Å². The molecule has 1 heterocycles. The minimum absolute atomic E-state index is 0.0693. The summed E-state index contributed by atoms with van der Waals surface area (Å²) in [6.07, 6.45) is 4.55. The predicted octanol–water partition coefficient (Wildman–Crippen LogP) is 5.78. The van der Waals surface area contributed by atoms with Crippen molar-refractivity contribution < 1.29 is 4.79 Å². The molecule has 0 saturated heterocycles. The molecule has 1 fully saturated rings. The van der Waals surface area contributed by atoms with Gasteiger partial charge in [0.2, 0.25) is 5.91 Å². The summed E-state index contributed by atoms with van der Waals surface area (Å²) in [7, 11) is 0. The Morgan fingerprint density at radius 3 is 2.47 bits per heavy atom. The monoisotopic (exact) mass is 460 g/mol. The van der Waals surface area contributed by atoms with Gasteiger partial charge in [-0.15, -0.1) is 10.2 Å². The Bertz CT molecular complexity index is 1030. The van der Waals surface area contributed by atoms with Gasteiger partial charge in [0, 0.05) is 23.2 Å². The lowest BCUT2D eigenvalue weighted by molar-refractivity contribution is -0.118. The quantitative estimate of drug-likeness (QED) is 0.454. The molecule has 8 heteroatoms. The summed E-state index contributed by atoms with van der Waals surface area (Å²) < 4.78 is 2.17. The zero-order valence-corrected chi connectivity index (χ0v) is 18.7. The third-order valence-electron chi connectivity index (χ3n) is 5.24. The highest BCUT2D eigenvalue weighted by Gasteiger charge is 2.26. The topological polar surface area (TPSA) is 59.8 Å². The molecule has 1 aromatic heterocycles. The van der Waals surface area contributed by atoms with E-state index < -0.39 is 0 Å². The molecule has 5 nitrogen and oxygen atoms in total. The van der Waals surface area contributed by atoms with Gasteiger partial charge in [-0.05, 0) is 36.6 Å². The second-order valence-electron chi connectivity index (χ2n) is 7.25. The van der Waals surface area contributed by atoms with E-state index >= 15 is 0 Å². The minimum atomic E-state index is -0.0693. The van der Waals surface area contributed by atoms with Crippen LogP contribution < -0.4 is 5.32 Å². The highest BCUT2D eigenvalue weighted by molar-refractivity contribution is 7.99. The number of thioether (sulfide) groups is 1. The Balaban J connectivity index is 1.48. The number of nitrogens with zero attached hydrogens (tertiary/aromatic N) is 3. The van der Waals surface area contributed by atoms with E-state index in [9.17, 15) is 4.79 Å². The standard InChI is InChI=1S/C22H22Cl2N4OS/c23-18-11-5-1-7-15(18)13-25-20(29)14-30-22-27-26-21(17-10-4-6-12-19(17)24)28(22)16-8-2-3-9-16/h1,4-7,10-12,16H,2-3,8-9,13-14H2,(H,25,29). The Hall–Kier alpha value is -2.02. The van der Waals surface area contributed by atoms with Crippen molar-refractivity contribution in [1.82, 2.24) is 20.1 Å². The van der Waals surface area contributed by atoms with E-state index in [0.29, 0.717) is 22.6 Å². The molecule has 0 atom stereocenters. The molecule has 30 heavy (non-hydrogen) atoms. The number of carbonyl (C=O) groups is 1. The Morgan fingerprint density at radius 2 is 1.73 bits per heavy atom. The van der Waals surface area contributed by atoms with Crippen molar-refractivity contribution in [2.75, 3.05) is 5.75 Å². The zero-order valence-electron chi connectivity index (χ0n) is 16.4. The molecular weight excluding hydrogens is 439 g/mol. The van der Waals surface area contributed by atoms with Crippen molar-refractivity contribution in [3.05, 3.63) is 64.1 Å². The van der Waals surface area contributed by atoms with Crippen LogP contribution >= 0.6 is 35.0 Å². The predicted molar refractivity (Wildman–Crippen MR) is 122 cm³/mol. The second-order valence-corrected chi connectivity index (χ2v) is 9.01. The first-order valence-electron chi connectivity index (χ1n) is 9.96. The van der Waals surface area contributed by atoms with Crippen LogP contribution in [0.15, 0.2) is 53.7 Å². The fraction of sp³-hybridized carbons (Fsp3) is 0.318. The second kappa shape index (κ2) is 9.86. The molecule has 0 spiro atoms. The highest BCUT2D eigenvalue weighted by atomic mass is 35.5. The molecule has 1 aliphatic carbocycles. The maximum absolute atomic E-state index is 12.4. The van der Waals surface area contributed by atoms with Gasteiger partial charge in [0.1, 0.15) is 0 Å². The number of carbonyl (C=O) groups excluding carboxylic acids is 1. The van der Waals surface area contributed by atoms with Crippen molar-refractivity contribution >= 4 is 40.9 Å². The first-order valence-corrected chi connectivity index (χ1v) is 11.7. The first-order chi connectivity index (χ1) is 14.6. The lowest BCUT2D eigenvalue weighted by Crippen LogP contribution is -2.25. The lowest BCUT2D eigenvalue weighted by Gasteiger charge is -2.17. The molecule has 4 rings (SSSR count). The summed E-state index contributed by atoms with van der Waals surface area (Å²) >= 11 is 14.0. The van der Waals surface area contributed by atoms with Gasteiger partial charge in [0.25, 0.3) is 0 Å². The maximum atomic E-state index is 12.4. The molecule has 1 aliphatic rings. The van der Waals surface area contributed by atoms with Crippen LogP contribution in [-0.4, -0.2) is 26.4 Å². The first kappa shape index (κ1) is 21.2. The molecular formula is C22H22Cl2N4OS. The molecule has 2 aromatic carbocycles. The smallest absolute Gasteiger partial charge is 0.230 e. The van der Waals surface area contributed by atoms with Crippen LogP contribution in [0.5, 0.6) is 0 Å². The van der Waals surface area contributed by atoms with Crippen LogP contribution in [0.4, 0.5) is 0 Å². The SMILES string of the molecule is O=C(CSc1nnc(-c2ccccc2Cl)n1C1CCCC1)NCc1ccccc1Cl. The molecule has 1 amide bonds. The highest BCUT2D eigenvalue weighted by Crippen LogP contribution is 2.38. The Morgan fingerprint density at radius 1 is 1.03 bits per heavy atom. The number of amides is 1. The van der Waals surface area contributed by atoms with E-state index in [1.165, 1.54) is 24.6 Å². The van der Waals surface area contributed by atoms with Crippen molar-refractivity contribution in [1.29, 1.82) is 0 Å². The molecule has 0 aliphatic heterocycles. The number of hydrogen-bond donors (Lipinski definition) is 1. The largest absolute Gasteiger partial charge is 0.351 e. The summed E-state index contributed by atoms with van der Waals surface area (Å²) in [6, 6.07) is 15.5. The van der Waals surface area contributed by atoms with Crippen LogP contribution in [0.25, 0.3) is 11.4 Å². The van der Waals surface area contributed by atoms with Gasteiger partial charge in [0.15, 0.2) is 11.0 Å². The van der Waals surface area contributed by atoms with Gasteiger partial charge in [-0.1, -0.05) is 78.1 Å². The molecule has 0 bridgehead atoms. The van der Waals surface area contributed by atoms with Crippen LogP contribution in [-0.2, 0) is 11.3 Å². The van der Waals surface area contributed by atoms with Crippen LogP contribution in [0.3, 0.4) is 0 Å². The number of hydrogen-bond acceptors (Lipinski definition) is 4. The van der Waals surface area contributed by atoms with Crippen LogP contribution in [0.1, 0.15) is 37.3 Å². The van der Waals surface area contributed by atoms with E-state index in [0.717, 1.165) is 34.9 Å². The van der Waals surface area contributed by atoms with Crippen molar-refractivity contribution in [2.24, 2.45) is 0 Å². The van der Waals surface area contributed by atoms with Crippen molar-refractivity contribution in [2.45, 2.75) is 43.4 Å². The average molecular weight is 461 g/mol. The van der Waals surface area contributed by atoms with Gasteiger partial charge in [0.05, 0.1) is 10.8 Å². The van der Waals surface area contributed by atoms with Gasteiger partial charge < -0.3 is 5.32 Å². The third-order valence-corrected chi connectivity index (χ3v) is 6.88. The molecule has 0 radical (unpaired) electrons. The van der Waals surface area contributed by atoms with Crippen molar-refractivity contribution in [3.63, 3.8) is 0 Å². The van der Waals surface area contributed by atoms with Crippen LogP contribution in [0.2, 0.25) is 10.0 Å². The summed E-state index contributed by atoms with van der Waals surface area (Å²) in [5.74, 6) is 0.962. The van der Waals surface area contributed by atoms with Gasteiger partial charge in [-0.2, -0.15) is 0 Å². The number of benzene rings is 2. The summed E-state index contributed by atoms with van der Waals surface area (Å²) in [5.41, 5.74) is 1.77. The van der Waals surface area contributed by atoms with E-state index in [4.69, 9.17) is 23.2 Å². The van der Waals surface area contributed by atoms with Crippen LogP contribution in [0, 0.1) is 0 Å². The number of aromatic nitrogens is 3. The number of nitrogens with one attached hydrogen (secondary N) is 1. The normalized spacial score (nSPS) is 14.2. The molecule has 0 unspecified atom stereocenters. The third kappa shape index (κ3) is 4.82. The molecule has 1 N–H and O–H groups in total. The molecule has 1 saturated carbocycles. The van der Waals surface area contributed by atoms with E-state index in [2.05, 4.69) is 20.1 Å². The fourth-order valence-electron chi connectivity index (χ4n) is 3.71. The fourth-order valence-corrected chi connectivity index (χ4v) is 4.97. The minimum Gasteiger partial charge on any atom is -0.351 e. The number of rotatable bonds is 7. The van der Waals surface area contributed by atoms with Crippen molar-refractivity contribution in [3.8, 4) is 11.4 Å². The van der Waals surface area contributed by atoms with E-state index in [1.807, 2.05) is 48.5 Å². The summed E-state index contributed by atoms with van der Waals surface area (Å²) in [6.45, 7) is 0.402. The Labute approximate surface area is 190 Å². The molecule has 156 valence electrons. The van der Waals surface area contributed by atoms with E-state index in [-0.39, 0.29) is 11.7 Å². The summed E-state index contributed by atoms with van der Waals surface area (Å²) in [4.78, 5) is 12.4. The average Bonchev–Trinajstić information content (AvgIpc) is 3.41. The van der Waals surface area contributed by atoms with Gasteiger partial charge >= 0.3 is 0 Å². The Kier molecular flexibility index (Phi) is 6.97. The maximum Gasteiger partial charge on any atom is 0.230 e.